The lowest BCUT2D eigenvalue weighted by molar-refractivity contribution is 0.325. The van der Waals surface area contributed by atoms with Crippen LogP contribution in [0.5, 0.6) is 5.75 Å². The van der Waals surface area contributed by atoms with E-state index in [1.165, 1.54) is 11.1 Å². The van der Waals surface area contributed by atoms with E-state index in [0.29, 0.717) is 0 Å². The molecule has 0 spiro atoms. The van der Waals surface area contributed by atoms with Crippen molar-refractivity contribution >= 4 is 16.9 Å². The molecule has 4 heteroatoms. The van der Waals surface area contributed by atoms with Gasteiger partial charge in [0.2, 0.25) is 0 Å². The first-order valence-corrected chi connectivity index (χ1v) is 9.39. The molecule has 1 unspecified atom stereocenters. The van der Waals surface area contributed by atoms with Crippen molar-refractivity contribution in [3.05, 3.63) is 65.7 Å². The summed E-state index contributed by atoms with van der Waals surface area (Å²) in [7, 11) is 1.73. The highest BCUT2D eigenvalue weighted by molar-refractivity contribution is 8.13. The van der Waals surface area contributed by atoms with E-state index in [4.69, 9.17) is 9.73 Å². The van der Waals surface area contributed by atoms with Crippen molar-refractivity contribution < 1.29 is 4.74 Å². The summed E-state index contributed by atoms with van der Waals surface area (Å²) in [5, 5.41) is 1.14. The molecule has 0 saturated heterocycles. The molecule has 2 aromatic carbocycles. The van der Waals surface area contributed by atoms with Gasteiger partial charge in [0.25, 0.3) is 0 Å². The summed E-state index contributed by atoms with van der Waals surface area (Å²) in [4.78, 5) is 7.19. The van der Waals surface area contributed by atoms with Crippen molar-refractivity contribution in [3.63, 3.8) is 0 Å². The molecule has 3 nitrogen and oxygen atoms in total. The normalized spacial score (nSPS) is 15.5. The van der Waals surface area contributed by atoms with Crippen LogP contribution in [-0.2, 0) is 6.54 Å². The number of rotatable bonds is 5. The van der Waals surface area contributed by atoms with Crippen molar-refractivity contribution in [2.75, 3.05) is 19.4 Å². The highest BCUT2D eigenvalue weighted by atomic mass is 32.2. The average molecular weight is 340 g/mol. The molecule has 0 aliphatic carbocycles. The van der Waals surface area contributed by atoms with Crippen LogP contribution in [0.25, 0.3) is 0 Å². The molecule has 0 amide bonds. The first-order valence-electron chi connectivity index (χ1n) is 8.40. The van der Waals surface area contributed by atoms with Crippen LogP contribution < -0.4 is 4.74 Å². The summed E-state index contributed by atoms with van der Waals surface area (Å²) in [5.41, 5.74) is 2.50. The summed E-state index contributed by atoms with van der Waals surface area (Å²) in [6.07, 6.45) is 1.16. The molecule has 1 atom stereocenters. The SMILES string of the molecule is COc1ccccc1CN(C1=NCCCS1)C(C)c1ccccc1. The van der Waals surface area contributed by atoms with E-state index in [0.717, 1.165) is 36.2 Å². The molecule has 3 rings (SSSR count). The van der Waals surface area contributed by atoms with Gasteiger partial charge in [0.05, 0.1) is 13.2 Å². The van der Waals surface area contributed by atoms with Crippen LogP contribution in [0, 0.1) is 0 Å². The molecule has 0 fully saturated rings. The standard InChI is InChI=1S/C20H24N2OS/c1-16(17-9-4-3-5-10-17)22(20-21-13-8-14-24-20)15-18-11-6-7-12-19(18)23-2/h3-7,9-12,16H,8,13-15H2,1-2H3. The Morgan fingerprint density at radius 1 is 1.12 bits per heavy atom. The number of aliphatic imine (C=N–C) groups is 1. The van der Waals surface area contributed by atoms with Gasteiger partial charge in [0, 0.05) is 24.4 Å². The van der Waals surface area contributed by atoms with E-state index in [-0.39, 0.29) is 6.04 Å². The Morgan fingerprint density at radius 2 is 1.88 bits per heavy atom. The van der Waals surface area contributed by atoms with Crippen LogP contribution >= 0.6 is 11.8 Å². The van der Waals surface area contributed by atoms with Gasteiger partial charge in [0.15, 0.2) is 5.17 Å². The third-order valence-electron chi connectivity index (χ3n) is 4.31. The van der Waals surface area contributed by atoms with Gasteiger partial charge >= 0.3 is 0 Å². The summed E-state index contributed by atoms with van der Waals surface area (Å²) in [6.45, 7) is 3.97. The number of hydrogen-bond acceptors (Lipinski definition) is 4. The largest absolute Gasteiger partial charge is 0.496 e. The predicted molar refractivity (Wildman–Crippen MR) is 103 cm³/mol. The molecule has 2 aromatic rings. The minimum atomic E-state index is 0.264. The van der Waals surface area contributed by atoms with Crippen molar-refractivity contribution in [1.82, 2.24) is 4.90 Å². The smallest absolute Gasteiger partial charge is 0.159 e. The zero-order valence-corrected chi connectivity index (χ0v) is 15.1. The molecule has 0 radical (unpaired) electrons. The average Bonchev–Trinajstić information content (AvgIpc) is 2.67. The van der Waals surface area contributed by atoms with Gasteiger partial charge in [0.1, 0.15) is 5.75 Å². The third kappa shape index (κ3) is 3.93. The highest BCUT2D eigenvalue weighted by Crippen LogP contribution is 2.30. The van der Waals surface area contributed by atoms with Crippen molar-refractivity contribution in [3.8, 4) is 5.75 Å². The van der Waals surface area contributed by atoms with Gasteiger partial charge in [-0.05, 0) is 25.0 Å². The Balaban J connectivity index is 1.91. The van der Waals surface area contributed by atoms with Gasteiger partial charge in [-0.25, -0.2) is 0 Å². The molecule has 0 aromatic heterocycles. The van der Waals surface area contributed by atoms with Crippen LogP contribution in [-0.4, -0.2) is 29.5 Å². The first-order chi connectivity index (χ1) is 11.8. The second kappa shape index (κ2) is 8.25. The fraction of sp³-hybridized carbons (Fsp3) is 0.350. The fourth-order valence-electron chi connectivity index (χ4n) is 2.92. The number of nitrogens with zero attached hydrogens (tertiary/aromatic N) is 2. The van der Waals surface area contributed by atoms with E-state index in [1.54, 1.807) is 7.11 Å². The zero-order valence-electron chi connectivity index (χ0n) is 14.3. The molecule has 0 N–H and O–H groups in total. The van der Waals surface area contributed by atoms with E-state index < -0.39 is 0 Å². The maximum absolute atomic E-state index is 5.55. The maximum atomic E-state index is 5.55. The first kappa shape index (κ1) is 16.9. The highest BCUT2D eigenvalue weighted by Gasteiger charge is 2.23. The molecule has 1 aliphatic heterocycles. The summed E-state index contributed by atoms with van der Waals surface area (Å²) >= 11 is 1.86. The number of thioether (sulfide) groups is 1. The molecule has 0 saturated carbocycles. The minimum Gasteiger partial charge on any atom is -0.496 e. The summed E-state index contributed by atoms with van der Waals surface area (Å²) in [6, 6.07) is 19.1. The second-order valence-corrected chi connectivity index (χ2v) is 6.95. The monoisotopic (exact) mass is 340 g/mol. The van der Waals surface area contributed by atoms with E-state index in [2.05, 4.69) is 54.3 Å². The quantitative estimate of drug-likeness (QED) is 0.785. The fourth-order valence-corrected chi connectivity index (χ4v) is 3.95. The number of hydrogen-bond donors (Lipinski definition) is 0. The number of benzene rings is 2. The molecular formula is C20H24N2OS. The van der Waals surface area contributed by atoms with Crippen molar-refractivity contribution in [2.24, 2.45) is 4.99 Å². The number of methoxy groups -OCH3 is 1. The third-order valence-corrected chi connectivity index (χ3v) is 5.42. The van der Waals surface area contributed by atoms with Gasteiger partial charge in [-0.3, -0.25) is 4.99 Å². The van der Waals surface area contributed by atoms with Crippen LogP contribution in [0.1, 0.15) is 30.5 Å². The Morgan fingerprint density at radius 3 is 2.58 bits per heavy atom. The van der Waals surface area contributed by atoms with Crippen LogP contribution in [0.4, 0.5) is 0 Å². The second-order valence-electron chi connectivity index (χ2n) is 5.89. The number of ether oxygens (including phenoxy) is 1. The number of para-hydroxylation sites is 1. The molecule has 1 heterocycles. The van der Waals surface area contributed by atoms with Crippen LogP contribution in [0.15, 0.2) is 59.6 Å². The topological polar surface area (TPSA) is 24.8 Å². The Kier molecular flexibility index (Phi) is 5.81. The molecule has 24 heavy (non-hydrogen) atoms. The van der Waals surface area contributed by atoms with Gasteiger partial charge in [-0.2, -0.15) is 0 Å². The van der Waals surface area contributed by atoms with E-state index >= 15 is 0 Å². The summed E-state index contributed by atoms with van der Waals surface area (Å²) in [5.74, 6) is 2.08. The van der Waals surface area contributed by atoms with Crippen molar-refractivity contribution in [1.29, 1.82) is 0 Å². The summed E-state index contributed by atoms with van der Waals surface area (Å²) < 4.78 is 5.55. The van der Waals surface area contributed by atoms with Crippen molar-refractivity contribution in [2.45, 2.75) is 25.9 Å². The Labute approximate surface area is 148 Å². The van der Waals surface area contributed by atoms with Gasteiger partial charge in [-0.1, -0.05) is 60.3 Å². The van der Waals surface area contributed by atoms with E-state index in [1.807, 2.05) is 23.9 Å². The minimum absolute atomic E-state index is 0.264. The zero-order chi connectivity index (χ0) is 16.8. The predicted octanol–water partition coefficient (Wildman–Crippen LogP) is 4.75. The Hall–Kier alpha value is -1.94. The lowest BCUT2D eigenvalue weighted by Crippen LogP contribution is -2.33. The molecular weight excluding hydrogens is 316 g/mol. The number of amidine groups is 1. The van der Waals surface area contributed by atoms with E-state index in [9.17, 15) is 0 Å². The lowest BCUT2D eigenvalue weighted by atomic mass is 10.1. The Bertz CT molecular complexity index is 687. The molecule has 0 bridgehead atoms. The van der Waals surface area contributed by atoms with Crippen LogP contribution in [0.2, 0.25) is 0 Å². The lowest BCUT2D eigenvalue weighted by Gasteiger charge is -2.33. The molecule has 126 valence electrons. The maximum Gasteiger partial charge on any atom is 0.159 e. The molecule has 1 aliphatic rings. The van der Waals surface area contributed by atoms with Gasteiger partial charge < -0.3 is 9.64 Å². The van der Waals surface area contributed by atoms with Crippen LogP contribution in [0.3, 0.4) is 0 Å². The van der Waals surface area contributed by atoms with Gasteiger partial charge in [-0.15, -0.1) is 0 Å².